The van der Waals surface area contributed by atoms with Gasteiger partial charge in [0.1, 0.15) is 17.1 Å². The molecule has 0 aliphatic carbocycles. The van der Waals surface area contributed by atoms with Crippen molar-refractivity contribution >= 4 is 17.2 Å². The van der Waals surface area contributed by atoms with Crippen LogP contribution in [0.4, 0.5) is 5.69 Å². The molecular weight excluding hydrogens is 332 g/mol. The lowest BCUT2D eigenvalue weighted by Gasteiger charge is -2.10. The molecule has 0 unspecified atom stereocenters. The molecule has 3 heterocycles. The maximum Gasteiger partial charge on any atom is 0.274 e. The van der Waals surface area contributed by atoms with Gasteiger partial charge in [-0.25, -0.2) is 9.50 Å². The summed E-state index contributed by atoms with van der Waals surface area (Å²) >= 11 is 0. The highest BCUT2D eigenvalue weighted by Crippen LogP contribution is 2.24. The zero-order valence-corrected chi connectivity index (χ0v) is 14.3. The molecule has 26 heavy (non-hydrogen) atoms. The van der Waals surface area contributed by atoms with Crippen LogP contribution in [0.25, 0.3) is 17.1 Å². The van der Waals surface area contributed by atoms with Crippen LogP contribution in [0.3, 0.4) is 0 Å². The van der Waals surface area contributed by atoms with Crippen molar-refractivity contribution in [3.63, 3.8) is 0 Å². The van der Waals surface area contributed by atoms with Gasteiger partial charge in [-0.15, -0.1) is 0 Å². The summed E-state index contributed by atoms with van der Waals surface area (Å²) in [6, 6.07) is 14.3. The monoisotopic (exact) mass is 348 g/mol. The molecule has 0 saturated carbocycles. The zero-order valence-electron chi connectivity index (χ0n) is 14.3. The number of aryl methyl sites for hydroxylation is 1. The third kappa shape index (κ3) is 2.79. The van der Waals surface area contributed by atoms with Crippen LogP contribution < -0.4 is 10.1 Å². The molecule has 1 amide bonds. The molecule has 4 aromatic rings. The highest BCUT2D eigenvalue weighted by Gasteiger charge is 2.15. The number of fused-ring (bicyclic) bond motifs is 1. The molecule has 130 valence electrons. The van der Waals surface area contributed by atoms with Crippen molar-refractivity contribution in [1.29, 1.82) is 0 Å². The third-order valence-electron chi connectivity index (χ3n) is 3.97. The number of amides is 1. The average Bonchev–Trinajstić information content (AvgIpc) is 3.31. The molecule has 0 bridgehead atoms. The summed E-state index contributed by atoms with van der Waals surface area (Å²) in [4.78, 5) is 17.1. The summed E-state index contributed by atoms with van der Waals surface area (Å²) in [6.07, 6.45) is 1.59. The van der Waals surface area contributed by atoms with E-state index in [-0.39, 0.29) is 5.91 Å². The second-order valence-electron chi connectivity index (χ2n) is 5.71. The standard InChI is InChI=1S/C19H16N4O3/c1-12-10-15(19(24)21-13-6-3-4-7-16(13)25-2)20-18-11-14(22-23(12)18)17-8-5-9-26-17/h3-11H,1-2H3,(H,21,24). The average molecular weight is 348 g/mol. The number of aromatic nitrogens is 3. The first-order valence-corrected chi connectivity index (χ1v) is 8.01. The Morgan fingerprint density at radius 2 is 2.04 bits per heavy atom. The first kappa shape index (κ1) is 15.9. The minimum Gasteiger partial charge on any atom is -0.495 e. The molecule has 0 fully saturated rings. The normalized spacial score (nSPS) is 10.8. The van der Waals surface area contributed by atoms with Crippen LogP contribution in [0.15, 0.2) is 59.2 Å². The number of methoxy groups -OCH3 is 1. The molecular formula is C19H16N4O3. The van der Waals surface area contributed by atoms with Crippen LogP contribution in [-0.2, 0) is 0 Å². The SMILES string of the molecule is COc1ccccc1NC(=O)c1cc(C)n2nc(-c3ccco3)cc2n1. The first-order valence-electron chi connectivity index (χ1n) is 8.01. The third-order valence-corrected chi connectivity index (χ3v) is 3.97. The minimum absolute atomic E-state index is 0.298. The Hall–Kier alpha value is -3.61. The Balaban J connectivity index is 1.69. The molecule has 7 nitrogen and oxygen atoms in total. The van der Waals surface area contributed by atoms with E-state index in [1.54, 1.807) is 48.2 Å². The van der Waals surface area contributed by atoms with E-state index in [1.807, 2.05) is 25.1 Å². The molecule has 1 N–H and O–H groups in total. The summed E-state index contributed by atoms with van der Waals surface area (Å²) in [6.45, 7) is 1.87. The number of nitrogens with zero attached hydrogens (tertiary/aromatic N) is 3. The van der Waals surface area contributed by atoms with Gasteiger partial charge in [0.25, 0.3) is 5.91 Å². The maximum atomic E-state index is 12.6. The van der Waals surface area contributed by atoms with Gasteiger partial charge in [-0.2, -0.15) is 5.10 Å². The number of carbonyl (C=O) groups excluding carboxylic acids is 1. The van der Waals surface area contributed by atoms with E-state index >= 15 is 0 Å². The van der Waals surface area contributed by atoms with E-state index < -0.39 is 0 Å². The predicted molar refractivity (Wildman–Crippen MR) is 96.4 cm³/mol. The van der Waals surface area contributed by atoms with Crippen molar-refractivity contribution in [3.05, 3.63) is 66.2 Å². The van der Waals surface area contributed by atoms with Crippen molar-refractivity contribution < 1.29 is 13.9 Å². The Morgan fingerprint density at radius 3 is 2.81 bits per heavy atom. The summed E-state index contributed by atoms with van der Waals surface area (Å²) in [5.74, 6) is 0.916. The molecule has 0 saturated heterocycles. The highest BCUT2D eigenvalue weighted by atomic mass is 16.5. The van der Waals surface area contributed by atoms with E-state index in [1.165, 1.54) is 0 Å². The lowest BCUT2D eigenvalue weighted by atomic mass is 10.2. The van der Waals surface area contributed by atoms with E-state index in [0.717, 1.165) is 5.69 Å². The van der Waals surface area contributed by atoms with E-state index in [0.29, 0.717) is 34.2 Å². The van der Waals surface area contributed by atoms with E-state index in [2.05, 4.69) is 15.4 Å². The van der Waals surface area contributed by atoms with Gasteiger partial charge in [-0.3, -0.25) is 4.79 Å². The van der Waals surface area contributed by atoms with Gasteiger partial charge in [0.05, 0.1) is 19.1 Å². The summed E-state index contributed by atoms with van der Waals surface area (Å²) < 4.78 is 12.3. The molecule has 7 heteroatoms. The molecule has 1 aromatic carbocycles. The van der Waals surface area contributed by atoms with Crippen molar-refractivity contribution in [3.8, 4) is 17.2 Å². The quantitative estimate of drug-likeness (QED) is 0.610. The Bertz CT molecular complexity index is 1080. The fourth-order valence-corrected chi connectivity index (χ4v) is 2.72. The van der Waals surface area contributed by atoms with Gasteiger partial charge in [-0.1, -0.05) is 12.1 Å². The first-order chi connectivity index (χ1) is 12.7. The number of furan rings is 1. The van der Waals surface area contributed by atoms with Crippen LogP contribution in [0.2, 0.25) is 0 Å². The smallest absolute Gasteiger partial charge is 0.274 e. The molecule has 0 aliphatic heterocycles. The molecule has 3 aromatic heterocycles. The topological polar surface area (TPSA) is 81.7 Å². The highest BCUT2D eigenvalue weighted by molar-refractivity contribution is 6.04. The van der Waals surface area contributed by atoms with Gasteiger partial charge in [0, 0.05) is 11.8 Å². The molecule has 0 aliphatic rings. The summed E-state index contributed by atoms with van der Waals surface area (Å²) in [5.41, 5.74) is 2.91. The number of carbonyl (C=O) groups is 1. The maximum absolute atomic E-state index is 12.6. The predicted octanol–water partition coefficient (Wildman–Crippen LogP) is 3.56. The zero-order chi connectivity index (χ0) is 18.1. The van der Waals surface area contributed by atoms with E-state index in [4.69, 9.17) is 9.15 Å². The Kier molecular flexibility index (Phi) is 3.89. The summed E-state index contributed by atoms with van der Waals surface area (Å²) in [7, 11) is 1.56. The van der Waals surface area contributed by atoms with Crippen molar-refractivity contribution in [2.75, 3.05) is 12.4 Å². The van der Waals surface area contributed by atoms with E-state index in [9.17, 15) is 4.79 Å². The molecule has 0 spiro atoms. The Labute approximate surface area is 149 Å². The van der Waals surface area contributed by atoms with Gasteiger partial charge < -0.3 is 14.5 Å². The lowest BCUT2D eigenvalue weighted by molar-refractivity contribution is 0.102. The van der Waals surface area contributed by atoms with Crippen molar-refractivity contribution in [1.82, 2.24) is 14.6 Å². The van der Waals surface area contributed by atoms with Gasteiger partial charge >= 0.3 is 0 Å². The van der Waals surface area contributed by atoms with Crippen LogP contribution in [0.1, 0.15) is 16.2 Å². The number of nitrogens with one attached hydrogen (secondary N) is 1. The fraction of sp³-hybridized carbons (Fsp3) is 0.105. The van der Waals surface area contributed by atoms with Crippen LogP contribution in [0, 0.1) is 6.92 Å². The minimum atomic E-state index is -0.319. The Morgan fingerprint density at radius 1 is 1.19 bits per heavy atom. The van der Waals surface area contributed by atoms with Gasteiger partial charge in [0.2, 0.25) is 0 Å². The number of hydrogen-bond acceptors (Lipinski definition) is 5. The number of benzene rings is 1. The molecule has 0 atom stereocenters. The van der Waals surface area contributed by atoms with Crippen LogP contribution in [-0.4, -0.2) is 27.6 Å². The number of para-hydroxylation sites is 2. The number of ether oxygens (including phenoxy) is 1. The number of rotatable bonds is 4. The number of anilines is 1. The fourth-order valence-electron chi connectivity index (χ4n) is 2.72. The van der Waals surface area contributed by atoms with Gasteiger partial charge in [-0.05, 0) is 37.3 Å². The second kappa shape index (κ2) is 6.36. The van der Waals surface area contributed by atoms with Crippen LogP contribution >= 0.6 is 0 Å². The second-order valence-corrected chi connectivity index (χ2v) is 5.71. The molecule has 0 radical (unpaired) electrons. The van der Waals surface area contributed by atoms with Crippen molar-refractivity contribution in [2.45, 2.75) is 6.92 Å². The van der Waals surface area contributed by atoms with Gasteiger partial charge in [0.15, 0.2) is 11.4 Å². The lowest BCUT2D eigenvalue weighted by Crippen LogP contribution is -2.15. The van der Waals surface area contributed by atoms with Crippen molar-refractivity contribution in [2.24, 2.45) is 0 Å². The molecule has 4 rings (SSSR count). The van der Waals surface area contributed by atoms with Crippen LogP contribution in [0.5, 0.6) is 5.75 Å². The summed E-state index contributed by atoms with van der Waals surface area (Å²) in [5, 5.41) is 7.30. The largest absolute Gasteiger partial charge is 0.495 e. The number of hydrogen-bond donors (Lipinski definition) is 1.